The molecule has 2 aromatic heterocycles. The number of Topliss-reactive ketones (excluding diaryl/α,β-unsaturated/α-hetero) is 1. The average molecular weight is 2190 g/mol. The Bertz CT molecular complexity index is 4530. The van der Waals surface area contributed by atoms with Crippen molar-refractivity contribution < 1.29 is 193 Å². The van der Waals surface area contributed by atoms with Crippen LogP contribution in [-0.4, -0.2) is 249 Å². The largest absolute Gasteiger partial charge is 1.00 e. The molecule has 1 saturated heterocycles. The molecular formula is C92H141N13NaO27PSU. The van der Waals surface area contributed by atoms with Gasteiger partial charge in [0.15, 0.2) is 5.78 Å². The number of ketones is 1. The number of amides is 8. The molecule has 40 nitrogen and oxygen atoms in total. The third-order valence-electron chi connectivity index (χ3n) is 19.0. The molecule has 0 saturated carbocycles. The number of aliphatic hydroxyl groups is 3. The Morgan fingerprint density at radius 2 is 0.853 bits per heavy atom. The molecule has 3 heterocycles. The van der Waals surface area contributed by atoms with Crippen molar-refractivity contribution in [3.8, 4) is 22.5 Å². The summed E-state index contributed by atoms with van der Waals surface area (Å²) in [5.41, 5.74) is 21.9. The van der Waals surface area contributed by atoms with Gasteiger partial charge in [0.05, 0.1) is 67.7 Å². The van der Waals surface area contributed by atoms with Gasteiger partial charge in [0.25, 0.3) is 30.1 Å². The van der Waals surface area contributed by atoms with Gasteiger partial charge in [-0.05, 0) is 98.6 Å². The van der Waals surface area contributed by atoms with Crippen LogP contribution >= 0.6 is 22.3 Å². The van der Waals surface area contributed by atoms with Crippen molar-refractivity contribution in [2.24, 2.45) is 44.5 Å². The van der Waals surface area contributed by atoms with E-state index in [9.17, 15) is 67.7 Å². The van der Waals surface area contributed by atoms with Gasteiger partial charge in [-0.3, -0.25) is 59.2 Å². The third kappa shape index (κ3) is 53.2. The molecule has 136 heavy (non-hydrogen) atoms. The summed E-state index contributed by atoms with van der Waals surface area (Å²) in [5, 5.41) is 69.3. The first-order valence-corrected chi connectivity index (χ1v) is 42.2. The second-order valence-corrected chi connectivity index (χ2v) is 34.7. The maximum Gasteiger partial charge on any atom is 1.00 e. The number of ether oxygens (including phenoxy) is 5. The van der Waals surface area contributed by atoms with Crippen molar-refractivity contribution in [3.63, 3.8) is 0 Å². The summed E-state index contributed by atoms with van der Waals surface area (Å²) in [6.45, 7) is 27.4. The number of hydrazine groups is 2. The molecular weight excluding hydrogens is 2040 g/mol. The van der Waals surface area contributed by atoms with Crippen LogP contribution in [0, 0.1) is 64.1 Å². The molecule has 9 atom stereocenters. The van der Waals surface area contributed by atoms with E-state index in [1.54, 1.807) is 70.2 Å². The number of aromatic nitrogens is 2. The number of pyridine rings is 2. The molecule has 17 N–H and O–H groups in total. The normalized spacial score (nSPS) is 13.5. The summed E-state index contributed by atoms with van der Waals surface area (Å²) in [6, 6.07) is 41.2. The monoisotopic (exact) mass is 2190 g/mol. The number of hydroxylamine groups is 2. The zero-order valence-corrected chi connectivity index (χ0v) is 89.7. The first kappa shape index (κ1) is 128. The van der Waals surface area contributed by atoms with E-state index in [-0.39, 0.29) is 123 Å². The number of carbonyl (C=O) groups is 13. The summed E-state index contributed by atoms with van der Waals surface area (Å²) >= 11 is 1.000. The number of nitrogens with one attached hydrogen (secondary N) is 6. The van der Waals surface area contributed by atoms with Gasteiger partial charge in [-0.2, -0.15) is 22.3 Å². The van der Waals surface area contributed by atoms with Crippen molar-refractivity contribution in [3.05, 3.63) is 180 Å². The number of benzene rings is 4. The van der Waals surface area contributed by atoms with Crippen molar-refractivity contribution in [2.75, 3.05) is 62.0 Å². The minimum absolute atomic E-state index is 0. The third-order valence-corrected chi connectivity index (χ3v) is 19.0. The van der Waals surface area contributed by atoms with Crippen molar-refractivity contribution in [1.82, 2.24) is 57.2 Å². The van der Waals surface area contributed by atoms with E-state index in [1.807, 2.05) is 208 Å². The van der Waals surface area contributed by atoms with E-state index in [2.05, 4.69) is 61.3 Å². The van der Waals surface area contributed by atoms with Crippen LogP contribution in [-0.2, 0) is 97.7 Å². The second kappa shape index (κ2) is 69.1. The fourth-order valence-corrected chi connectivity index (χ4v) is 11.8. The van der Waals surface area contributed by atoms with Crippen LogP contribution in [0.3, 0.4) is 0 Å². The Morgan fingerprint density at radius 3 is 1.14 bits per heavy atom. The Hall–Kier alpha value is -9.84. The minimum Gasteiger partial charge on any atom is -0.662 e. The van der Waals surface area contributed by atoms with Crippen LogP contribution in [0.15, 0.2) is 158 Å². The van der Waals surface area contributed by atoms with Crippen LogP contribution in [0.2, 0.25) is 0 Å². The molecule has 0 radical (unpaired) electrons. The Labute approximate surface area is 854 Å². The molecule has 0 spiro atoms. The maximum absolute atomic E-state index is 13.9. The molecule has 0 unspecified atom stereocenters. The SMILES string of the molecule is CC(C)(C)[C@@H](N)C(=O)O.CO.COC(=O)N[C@@H](C(=O)NN(Cc1ccc(-c2ccccn2)cc1)C[C@H](O)[C@@H](N)Cc1ccccc1)C(C)(C)C.COC(=O)N[C@H](C(=O)C[C@@H](Cc1ccccc1)[C@@H](O)CN(Cc1ccc(-c2ccccn2)cc1)NC(=O)[C@H](NC(=O)OC)C(C)(C)C)C(C)(C)C.COC(=O)N[C@H](C(=O)O)C(C)(C)C.COC(=O)ON1C(=O)CCC1=O.O.O=CO[O-].[2H]SC.[3H]P[3H].[Na+].[U]. The van der Waals surface area contributed by atoms with Gasteiger partial charge in [-0.15, -0.1) is 0 Å². The van der Waals surface area contributed by atoms with E-state index in [0.717, 1.165) is 71.5 Å². The average Bonchev–Trinajstić information content (AvgIpc) is 1.58. The Balaban J connectivity index is -0.000000591. The van der Waals surface area contributed by atoms with Gasteiger partial charge < -0.3 is 97.6 Å². The van der Waals surface area contributed by atoms with E-state index >= 15 is 0 Å². The fourth-order valence-electron chi connectivity index (χ4n) is 11.8. The van der Waals surface area contributed by atoms with E-state index < -0.39 is 152 Å². The standard InChI is InChI=1S/C39H53N5O7.C30H39N5O4.C8H15NO4.C6H7NO5.C6H13NO2.CH2O3.CH4O.CH4S.Na.H2O.H3P.U/c1-38(2,3)33(41-36(48)50-7)31(45)23-29(22-26-14-10-9-11-15-26)32(46)25-44(43-35(47)34(39(4,5)6)42-37(49)51-8)24-27-17-19-28(20-18-27)30-16-12-13-21-40-30;1-30(2,3)27(33-29(38)39-4)28(37)34-35(20-26(36)24(31)18-21-10-6-5-7-11-21)19-22-13-15-23(16-14-22)25-12-8-9-17-32-25;1-8(2,3)5(6(10)11)9-7(12)13-4;1-11-6(10)12-7-4(8)2-3-5(7)9;1-6(2,3)4(7)5(8)9;2-1-4-3;2*1-2;;;;/h9-21,29,32-34,46H,22-25H2,1-8H3,(H,41,48)(H,42,49)(H,43,47);5-17,24,26-27,36H,18-20,31H2,1-4H3,(H,33,38)(H,34,37);5H,1-4H3,(H,9,12)(H,10,11);2-3H2,1H3;4H,7H2,1-3H3,(H,8,9);1,3H;2*2H,1H3;;1H2;1H3;/q;;;;;;;;+1;;;/p-1/t29-,32+,33-,34+;24-,26-,27-;5-;;4-;;;;;;;/m101.0......./s1/i;;;;;;;;;;1T2;/hD. The summed E-state index contributed by atoms with van der Waals surface area (Å²) in [4.78, 5) is 166. The number of carboxylic acids is 2. The van der Waals surface area contributed by atoms with Gasteiger partial charge in [0.1, 0.15) is 25.3 Å². The van der Waals surface area contributed by atoms with Crippen molar-refractivity contribution in [2.45, 2.75) is 198 Å². The first-order valence-electron chi connectivity index (χ1n) is 42.8. The number of carboxylic acid groups (broad SMARTS) is 2. The summed E-state index contributed by atoms with van der Waals surface area (Å²) < 4.78 is 40.6. The van der Waals surface area contributed by atoms with E-state index in [1.165, 1.54) is 28.4 Å². The number of aliphatic hydroxyl groups excluding tert-OH is 3. The smallest absolute Gasteiger partial charge is 0.662 e. The number of nitrogens with zero attached hydrogens (tertiary/aromatic N) is 5. The number of imide groups is 1. The van der Waals surface area contributed by atoms with E-state index in [4.69, 9.17) is 54.7 Å². The van der Waals surface area contributed by atoms with Crippen molar-refractivity contribution >= 4 is 101 Å². The number of hydrogen-bond donors (Lipinski definition) is 14. The zero-order valence-electron chi connectivity index (χ0n) is 84.8. The molecule has 8 amide bonds. The summed E-state index contributed by atoms with van der Waals surface area (Å²) in [7, 11) is 6.58. The maximum atomic E-state index is 13.9. The van der Waals surface area contributed by atoms with Gasteiger partial charge in [-0.1, -0.05) is 230 Å². The van der Waals surface area contributed by atoms with Gasteiger partial charge in [-0.25, -0.2) is 38.8 Å². The predicted octanol–water partition coefficient (Wildman–Crippen LogP) is 4.53. The molecule has 1 fully saturated rings. The summed E-state index contributed by atoms with van der Waals surface area (Å²) in [6.07, 6.45) is 0.0984. The number of thiol groups is 1. The molecule has 1 aliphatic rings. The molecule has 752 valence electrons. The Morgan fingerprint density at radius 1 is 0.529 bits per heavy atom. The second-order valence-electron chi connectivity index (χ2n) is 34.7. The van der Waals surface area contributed by atoms with Gasteiger partial charge >= 0.3 is 72.0 Å². The number of aliphatic carboxylic acids is 2. The van der Waals surface area contributed by atoms with Gasteiger partial charge in [0, 0.05) is 113 Å². The van der Waals surface area contributed by atoms with Crippen LogP contribution in [0.4, 0.5) is 24.0 Å². The molecule has 4 aromatic carbocycles. The van der Waals surface area contributed by atoms with Crippen LogP contribution in [0.5, 0.6) is 0 Å². The number of alkyl carbamates (subject to hydrolysis) is 4. The van der Waals surface area contributed by atoms with Crippen LogP contribution in [0.1, 0.15) is 145 Å². The predicted molar refractivity (Wildman–Crippen MR) is 507 cm³/mol. The molecule has 0 aliphatic carbocycles. The first-order chi connectivity index (χ1) is 63.6. The minimum atomic E-state index is -1.11. The quantitative estimate of drug-likeness (QED) is 0.00327. The van der Waals surface area contributed by atoms with Gasteiger partial charge in [0.2, 0.25) is 0 Å². The number of carbonyl (C=O) groups excluding carboxylic acids is 11. The van der Waals surface area contributed by atoms with E-state index in [0.29, 0.717) is 24.4 Å². The topological polar surface area (TPSA) is 602 Å². The number of hydrogen-bond acceptors (Lipinski definition) is 31. The molecule has 6 aromatic rings. The number of rotatable bonds is 31. The van der Waals surface area contributed by atoms with Crippen LogP contribution in [0.25, 0.3) is 22.5 Å². The molecule has 7 rings (SSSR count). The fraction of sp³-hybridized carbons (Fsp3) is 0.489. The summed E-state index contributed by atoms with van der Waals surface area (Å²) in [5.74, 6) is -4.85. The number of methoxy groups -OCH3 is 5. The number of nitrogens with two attached hydrogens (primary N) is 2. The van der Waals surface area contributed by atoms with Crippen molar-refractivity contribution in [1.29, 1.82) is 3.68 Å². The Kier molecular flexibility index (Phi) is 65.1. The molecule has 44 heteroatoms. The molecule has 0 bridgehead atoms. The molecule has 1 aliphatic heterocycles. The zero-order chi connectivity index (χ0) is 104. The van der Waals surface area contributed by atoms with Crippen LogP contribution < -0.4 is 78.4 Å².